The first-order valence-electron chi connectivity index (χ1n) is 11.1. The fourth-order valence-corrected chi connectivity index (χ4v) is 10.5. The third-order valence-electron chi connectivity index (χ3n) is 5.97. The van der Waals surface area contributed by atoms with Gasteiger partial charge in [-0.2, -0.15) is 5.26 Å². The number of carbonyl (C=O) groups excluding carboxylic acids is 2. The molecule has 1 atom stereocenters. The molecule has 2 aromatic rings. The highest BCUT2D eigenvalue weighted by Crippen LogP contribution is 2.70. The number of carbonyl (C=O) groups is 2. The third kappa shape index (κ3) is 4.98. The molecule has 2 aliphatic rings. The minimum Gasteiger partial charge on any atom is -0.462 e. The van der Waals surface area contributed by atoms with E-state index < -0.39 is 51.9 Å². The summed E-state index contributed by atoms with van der Waals surface area (Å²) < 4.78 is 57.7. The molecule has 1 fully saturated rings. The SMILES string of the molecule is CCOC(=O)c1cc(C#N)c(N2CC(C(=O)NS(=O)(=O)C3=Cc4ccccc4S3(C)Cl)C2)nc1S(C)(=O)=O. The number of amides is 1. The van der Waals surface area contributed by atoms with Gasteiger partial charge >= 0.3 is 5.97 Å². The smallest absolute Gasteiger partial charge is 0.341 e. The van der Waals surface area contributed by atoms with Gasteiger partial charge < -0.3 is 9.64 Å². The summed E-state index contributed by atoms with van der Waals surface area (Å²) in [5.74, 6) is -2.54. The molecule has 1 aromatic heterocycles. The predicted octanol–water partition coefficient (Wildman–Crippen LogP) is 2.37. The number of benzene rings is 1. The number of rotatable bonds is 7. The number of nitriles is 1. The van der Waals surface area contributed by atoms with Gasteiger partial charge in [0.1, 0.15) is 16.1 Å². The van der Waals surface area contributed by atoms with Crippen LogP contribution in [0.3, 0.4) is 0 Å². The second-order valence-corrected chi connectivity index (χ2v) is 16.9. The maximum Gasteiger partial charge on any atom is 0.341 e. The van der Waals surface area contributed by atoms with Gasteiger partial charge in [-0.3, -0.25) is 4.79 Å². The molecule has 11 nitrogen and oxygen atoms in total. The number of halogens is 1. The van der Waals surface area contributed by atoms with Gasteiger partial charge in [0.25, 0.3) is 10.0 Å². The summed E-state index contributed by atoms with van der Waals surface area (Å²) in [6.07, 6.45) is 3.95. The van der Waals surface area contributed by atoms with E-state index in [0.29, 0.717) is 10.5 Å². The average molecular weight is 599 g/mol. The predicted molar refractivity (Wildman–Crippen MR) is 143 cm³/mol. The quantitative estimate of drug-likeness (QED) is 0.468. The van der Waals surface area contributed by atoms with Gasteiger partial charge in [-0.1, -0.05) is 38.1 Å². The summed E-state index contributed by atoms with van der Waals surface area (Å²) >= 11 is 0. The number of hydrogen-bond acceptors (Lipinski definition) is 10. The summed E-state index contributed by atoms with van der Waals surface area (Å²) in [7, 11) is -3.95. The number of sulfone groups is 1. The van der Waals surface area contributed by atoms with Gasteiger partial charge in [0, 0.05) is 24.2 Å². The zero-order chi connectivity index (χ0) is 28.0. The van der Waals surface area contributed by atoms with Crippen molar-refractivity contribution in [3.8, 4) is 6.07 Å². The molecule has 1 aromatic carbocycles. The molecule has 1 saturated heterocycles. The van der Waals surface area contributed by atoms with Crippen molar-refractivity contribution in [2.24, 2.45) is 5.92 Å². The molecule has 0 spiro atoms. The van der Waals surface area contributed by atoms with Crippen LogP contribution in [0.2, 0.25) is 0 Å². The van der Waals surface area contributed by atoms with Crippen LogP contribution in [0.5, 0.6) is 0 Å². The van der Waals surface area contributed by atoms with E-state index in [2.05, 4.69) is 9.71 Å². The molecule has 1 unspecified atom stereocenters. The summed E-state index contributed by atoms with van der Waals surface area (Å²) in [5.41, 5.74) is 0.209. The lowest BCUT2D eigenvalue weighted by atomic mass is 9.99. The van der Waals surface area contributed by atoms with Crippen molar-refractivity contribution >= 4 is 63.6 Å². The minimum atomic E-state index is -4.25. The molecule has 2 aliphatic heterocycles. The molecule has 0 aliphatic carbocycles. The first-order valence-corrected chi connectivity index (χ1v) is 17.4. The van der Waals surface area contributed by atoms with Crippen molar-refractivity contribution in [3.05, 3.63) is 51.3 Å². The highest BCUT2D eigenvalue weighted by molar-refractivity contribution is 8.57. The number of fused-ring (bicyclic) bond motifs is 1. The number of hydrogen-bond donors (Lipinski definition) is 1. The summed E-state index contributed by atoms with van der Waals surface area (Å²) in [6.45, 7) is 1.48. The summed E-state index contributed by atoms with van der Waals surface area (Å²) in [4.78, 5) is 31.3. The Balaban J connectivity index is 1.54. The first-order chi connectivity index (χ1) is 17.7. The number of anilines is 1. The van der Waals surface area contributed by atoms with Gasteiger partial charge in [0.05, 0.1) is 23.7 Å². The Hall–Kier alpha value is -3.12. The second-order valence-electron chi connectivity index (χ2n) is 8.71. The molecule has 0 radical (unpaired) electrons. The number of nitrogens with zero attached hydrogens (tertiary/aromatic N) is 3. The van der Waals surface area contributed by atoms with E-state index in [4.69, 9.17) is 15.4 Å². The topological polar surface area (TPSA) is 164 Å². The zero-order valence-electron chi connectivity index (χ0n) is 20.5. The Bertz CT molecular complexity index is 1640. The second kappa shape index (κ2) is 9.88. The number of aromatic nitrogens is 1. The fourth-order valence-electron chi connectivity index (χ4n) is 4.11. The number of pyridine rings is 1. The third-order valence-corrected chi connectivity index (χ3v) is 13.1. The standard InChI is InChI=1S/C23H23ClN4O7S3/c1-4-35-23(30)17-9-15(11-25)20(26-22(17)37(3,31)32)28-12-16(13-28)21(29)27-38(33,34)19-10-14-7-5-6-8-18(14)36(19,2)24/h5-10,16H,4,12-13H2,1-3H3,(H,27,29). The van der Waals surface area contributed by atoms with E-state index >= 15 is 0 Å². The number of sulfonamides is 1. The van der Waals surface area contributed by atoms with Crippen LogP contribution < -0.4 is 9.62 Å². The number of esters is 1. The molecule has 0 bridgehead atoms. The van der Waals surface area contributed by atoms with Gasteiger partial charge in [0.15, 0.2) is 14.9 Å². The van der Waals surface area contributed by atoms with E-state index in [1.165, 1.54) is 11.0 Å². The van der Waals surface area contributed by atoms with Crippen molar-refractivity contribution in [1.82, 2.24) is 9.71 Å². The molecule has 4 rings (SSSR count). The normalized spacial score (nSPS) is 20.8. The molecule has 3 heterocycles. The molecule has 38 heavy (non-hydrogen) atoms. The molecule has 0 saturated carbocycles. The van der Waals surface area contributed by atoms with Gasteiger partial charge in [0.2, 0.25) is 5.91 Å². The number of ether oxygens (including phenoxy) is 1. The van der Waals surface area contributed by atoms with Gasteiger partial charge in [-0.15, -0.1) is 0 Å². The van der Waals surface area contributed by atoms with E-state index in [9.17, 15) is 31.7 Å². The van der Waals surface area contributed by atoms with Crippen molar-refractivity contribution in [2.45, 2.75) is 16.8 Å². The Morgan fingerprint density at radius 1 is 1.26 bits per heavy atom. The van der Waals surface area contributed by atoms with E-state index in [1.54, 1.807) is 37.4 Å². The largest absolute Gasteiger partial charge is 0.462 e. The van der Waals surface area contributed by atoms with Crippen molar-refractivity contribution in [2.75, 3.05) is 37.1 Å². The van der Waals surface area contributed by atoms with Crippen molar-refractivity contribution in [1.29, 1.82) is 5.26 Å². The van der Waals surface area contributed by atoms with Crippen LogP contribution in [0.25, 0.3) is 6.08 Å². The molecular weight excluding hydrogens is 576 g/mol. The highest BCUT2D eigenvalue weighted by atomic mass is 35.7. The summed E-state index contributed by atoms with van der Waals surface area (Å²) in [6, 6.07) is 9.98. The Morgan fingerprint density at radius 3 is 2.50 bits per heavy atom. The van der Waals surface area contributed by atoms with Crippen LogP contribution in [-0.2, 0) is 29.4 Å². The van der Waals surface area contributed by atoms with Gasteiger partial charge in [-0.25, -0.2) is 31.3 Å². The Morgan fingerprint density at radius 2 is 1.92 bits per heavy atom. The highest BCUT2D eigenvalue weighted by Gasteiger charge is 2.42. The van der Waals surface area contributed by atoms with E-state index in [1.807, 2.05) is 6.07 Å². The lowest BCUT2D eigenvalue weighted by Crippen LogP contribution is -2.55. The van der Waals surface area contributed by atoms with Crippen LogP contribution in [0.4, 0.5) is 5.82 Å². The molecule has 202 valence electrons. The van der Waals surface area contributed by atoms with Crippen LogP contribution in [0.1, 0.15) is 28.4 Å². The Kier molecular flexibility index (Phi) is 7.26. The van der Waals surface area contributed by atoms with Crippen LogP contribution in [0, 0.1) is 17.2 Å². The fraction of sp³-hybridized carbons (Fsp3) is 0.304. The van der Waals surface area contributed by atoms with Crippen LogP contribution >= 0.6 is 19.9 Å². The van der Waals surface area contributed by atoms with Crippen LogP contribution in [-0.4, -0.2) is 65.9 Å². The first kappa shape index (κ1) is 27.9. The molecule has 15 heteroatoms. The van der Waals surface area contributed by atoms with Crippen LogP contribution in [0.15, 0.2) is 44.5 Å². The van der Waals surface area contributed by atoms with Crippen molar-refractivity contribution < 1.29 is 31.2 Å². The van der Waals surface area contributed by atoms with Crippen molar-refractivity contribution in [3.63, 3.8) is 0 Å². The van der Waals surface area contributed by atoms with Gasteiger partial charge in [-0.05, 0) is 37.0 Å². The average Bonchev–Trinajstić information content (AvgIpc) is 3.08. The maximum absolute atomic E-state index is 13.1. The van der Waals surface area contributed by atoms with E-state index in [-0.39, 0.29) is 40.9 Å². The molecule has 1 N–H and O–H groups in total. The zero-order valence-corrected chi connectivity index (χ0v) is 23.7. The molecule has 1 amide bonds. The number of nitrogens with one attached hydrogen (secondary N) is 1. The lowest BCUT2D eigenvalue weighted by Gasteiger charge is -2.39. The minimum absolute atomic E-state index is 0.00907. The summed E-state index contributed by atoms with van der Waals surface area (Å²) in [5, 5.41) is 9.04. The molecular formula is C23H23ClN4O7S3. The monoisotopic (exact) mass is 598 g/mol. The lowest BCUT2D eigenvalue weighted by molar-refractivity contribution is -0.123. The maximum atomic E-state index is 13.1. The van der Waals surface area contributed by atoms with E-state index in [0.717, 1.165) is 12.3 Å². The Labute approximate surface area is 226 Å².